The number of rotatable bonds is 7. The maximum Gasteiger partial charge on any atom is 0.355 e. The zero-order valence-corrected chi connectivity index (χ0v) is 20.1. The van der Waals surface area contributed by atoms with Crippen molar-refractivity contribution in [3.05, 3.63) is 74.7 Å². The van der Waals surface area contributed by atoms with Crippen LogP contribution in [0.2, 0.25) is 18.1 Å². The first-order valence-corrected chi connectivity index (χ1v) is 13.3. The summed E-state index contributed by atoms with van der Waals surface area (Å²) in [6.07, 6.45) is 1.59. The quantitative estimate of drug-likeness (QED) is 0.468. The summed E-state index contributed by atoms with van der Waals surface area (Å²) in [4.78, 5) is 35.4. The number of benzene rings is 1. The standard InChI is InChI=1S/C22H30N6O3Si/c1-22(2,3)32(4,5)31-17-10-8-15(9-11-17)14-28-20(29)26-19(27-21(28)30)25-13-16-7-6-12-24-18(16)23/h6-12H,13-14H2,1-5H3,(H2,23,24)(H2,25,26,27,29,30). The second-order valence-corrected chi connectivity index (χ2v) is 13.9. The van der Waals surface area contributed by atoms with Crippen LogP contribution in [-0.4, -0.2) is 27.8 Å². The van der Waals surface area contributed by atoms with Crippen LogP contribution in [-0.2, 0) is 13.1 Å². The molecule has 1 aromatic carbocycles. The Morgan fingerprint density at radius 1 is 1.16 bits per heavy atom. The minimum Gasteiger partial charge on any atom is -0.544 e. The number of nitrogens with zero attached hydrogens (tertiary/aromatic N) is 3. The molecule has 10 heteroatoms. The van der Waals surface area contributed by atoms with E-state index in [-0.39, 0.29) is 24.1 Å². The minimum absolute atomic E-state index is 0.0811. The predicted octanol–water partition coefficient (Wildman–Crippen LogP) is 2.95. The summed E-state index contributed by atoms with van der Waals surface area (Å²) in [5.74, 6) is 1.24. The zero-order chi connectivity index (χ0) is 23.5. The number of hydrogen-bond acceptors (Lipinski definition) is 7. The number of hydrogen-bond donors (Lipinski definition) is 3. The van der Waals surface area contributed by atoms with Gasteiger partial charge in [0.25, 0.3) is 0 Å². The Hall–Kier alpha value is -3.40. The molecule has 3 rings (SSSR count). The number of nitrogens with two attached hydrogens (primary N) is 1. The van der Waals surface area contributed by atoms with Gasteiger partial charge in [-0.25, -0.2) is 19.1 Å². The van der Waals surface area contributed by atoms with Gasteiger partial charge >= 0.3 is 11.4 Å². The van der Waals surface area contributed by atoms with Crippen LogP contribution in [0, 0.1) is 0 Å². The Morgan fingerprint density at radius 3 is 2.44 bits per heavy atom. The van der Waals surface area contributed by atoms with Gasteiger partial charge in [0.05, 0.1) is 6.54 Å². The number of nitrogens with one attached hydrogen (secondary N) is 2. The highest BCUT2D eigenvalue weighted by Crippen LogP contribution is 2.37. The monoisotopic (exact) mass is 454 g/mol. The van der Waals surface area contributed by atoms with E-state index in [2.05, 4.69) is 54.1 Å². The lowest BCUT2D eigenvalue weighted by molar-refractivity contribution is 0.492. The van der Waals surface area contributed by atoms with Gasteiger partial charge in [-0.15, -0.1) is 0 Å². The van der Waals surface area contributed by atoms with Crippen LogP contribution in [0.15, 0.2) is 52.2 Å². The summed E-state index contributed by atoms with van der Waals surface area (Å²) >= 11 is 0. The van der Waals surface area contributed by atoms with Gasteiger partial charge in [0, 0.05) is 18.3 Å². The summed E-state index contributed by atoms with van der Waals surface area (Å²) in [5.41, 5.74) is 6.15. The van der Waals surface area contributed by atoms with Crippen molar-refractivity contribution in [3.63, 3.8) is 0 Å². The van der Waals surface area contributed by atoms with E-state index in [9.17, 15) is 9.59 Å². The van der Waals surface area contributed by atoms with Gasteiger partial charge in [0.15, 0.2) is 0 Å². The first-order chi connectivity index (χ1) is 15.0. The lowest BCUT2D eigenvalue weighted by Crippen LogP contribution is -2.43. The van der Waals surface area contributed by atoms with Crippen LogP contribution >= 0.6 is 0 Å². The summed E-state index contributed by atoms with van der Waals surface area (Å²) in [5, 5.41) is 3.00. The highest BCUT2D eigenvalue weighted by Gasteiger charge is 2.38. The highest BCUT2D eigenvalue weighted by molar-refractivity contribution is 6.74. The second-order valence-electron chi connectivity index (χ2n) is 9.17. The van der Waals surface area contributed by atoms with E-state index in [1.54, 1.807) is 18.3 Å². The van der Waals surface area contributed by atoms with Crippen molar-refractivity contribution in [2.75, 3.05) is 11.1 Å². The minimum atomic E-state index is -1.94. The van der Waals surface area contributed by atoms with Crippen molar-refractivity contribution in [3.8, 4) is 5.75 Å². The summed E-state index contributed by atoms with van der Waals surface area (Å²) in [7, 11) is -1.94. The Balaban J connectivity index is 1.71. The molecular formula is C22H30N6O3Si. The van der Waals surface area contributed by atoms with Gasteiger partial charge in [-0.05, 0) is 41.9 Å². The normalized spacial score (nSPS) is 11.9. The molecule has 0 amide bonds. The molecule has 0 unspecified atom stereocenters. The highest BCUT2D eigenvalue weighted by atomic mass is 28.4. The molecule has 0 radical (unpaired) electrons. The molecule has 9 nitrogen and oxygen atoms in total. The fourth-order valence-electron chi connectivity index (χ4n) is 2.74. The van der Waals surface area contributed by atoms with Crippen molar-refractivity contribution in [1.82, 2.24) is 19.5 Å². The molecule has 0 saturated heterocycles. The third kappa shape index (κ3) is 5.44. The van der Waals surface area contributed by atoms with Crippen molar-refractivity contribution in [2.45, 2.75) is 52.0 Å². The van der Waals surface area contributed by atoms with Crippen LogP contribution < -0.4 is 26.9 Å². The molecule has 2 heterocycles. The lowest BCUT2D eigenvalue weighted by Gasteiger charge is -2.36. The maximum absolute atomic E-state index is 12.5. The van der Waals surface area contributed by atoms with Crippen molar-refractivity contribution < 1.29 is 4.43 Å². The average molecular weight is 455 g/mol. The Bertz CT molecular complexity index is 1160. The topological polar surface area (TPSA) is 128 Å². The largest absolute Gasteiger partial charge is 0.544 e. The number of pyridine rings is 1. The average Bonchev–Trinajstić information content (AvgIpc) is 2.70. The predicted molar refractivity (Wildman–Crippen MR) is 128 cm³/mol. The van der Waals surface area contributed by atoms with Crippen LogP contribution in [0.1, 0.15) is 31.9 Å². The molecule has 170 valence electrons. The van der Waals surface area contributed by atoms with Gasteiger partial charge in [0.1, 0.15) is 11.6 Å². The van der Waals surface area contributed by atoms with Crippen molar-refractivity contribution >= 4 is 20.1 Å². The van der Waals surface area contributed by atoms with E-state index in [1.165, 1.54) is 0 Å². The van der Waals surface area contributed by atoms with Crippen LogP contribution in [0.4, 0.5) is 11.8 Å². The molecule has 0 fully saturated rings. The van der Waals surface area contributed by atoms with Crippen LogP contribution in [0.25, 0.3) is 0 Å². The van der Waals surface area contributed by atoms with Crippen molar-refractivity contribution in [1.29, 1.82) is 0 Å². The van der Waals surface area contributed by atoms with E-state index in [0.29, 0.717) is 5.82 Å². The summed E-state index contributed by atoms with van der Waals surface area (Å²) in [6.45, 7) is 11.3. The number of aromatic amines is 1. The number of H-pyrrole nitrogens is 1. The van der Waals surface area contributed by atoms with Crippen molar-refractivity contribution in [2.24, 2.45) is 0 Å². The fourth-order valence-corrected chi connectivity index (χ4v) is 3.77. The third-order valence-electron chi connectivity index (χ3n) is 5.72. The van der Waals surface area contributed by atoms with E-state index >= 15 is 0 Å². The van der Waals surface area contributed by atoms with Crippen LogP contribution in [0.3, 0.4) is 0 Å². The van der Waals surface area contributed by atoms with E-state index in [1.807, 2.05) is 24.3 Å². The maximum atomic E-state index is 12.5. The number of nitrogen functional groups attached to an aromatic ring is 1. The fraction of sp³-hybridized carbons (Fsp3) is 0.364. The van der Waals surface area contributed by atoms with Crippen LogP contribution in [0.5, 0.6) is 5.75 Å². The molecule has 0 aliphatic heterocycles. The third-order valence-corrected chi connectivity index (χ3v) is 10.1. The molecule has 2 aromatic heterocycles. The molecule has 0 aliphatic rings. The molecule has 0 spiro atoms. The molecule has 0 saturated carbocycles. The molecular weight excluding hydrogens is 424 g/mol. The van der Waals surface area contributed by atoms with Gasteiger partial charge in [0.2, 0.25) is 14.3 Å². The number of aromatic nitrogens is 4. The Kier molecular flexibility index (Phi) is 6.54. The smallest absolute Gasteiger partial charge is 0.355 e. The van der Waals surface area contributed by atoms with E-state index in [0.717, 1.165) is 21.4 Å². The van der Waals surface area contributed by atoms with Gasteiger partial charge in [-0.1, -0.05) is 39.0 Å². The van der Waals surface area contributed by atoms with E-state index < -0.39 is 19.7 Å². The summed E-state index contributed by atoms with van der Waals surface area (Å²) in [6, 6.07) is 11.0. The Morgan fingerprint density at radius 2 is 1.84 bits per heavy atom. The first kappa shape index (κ1) is 23.3. The van der Waals surface area contributed by atoms with Gasteiger partial charge in [-0.3, -0.25) is 4.98 Å². The molecule has 0 atom stereocenters. The van der Waals surface area contributed by atoms with Gasteiger partial charge < -0.3 is 15.5 Å². The van der Waals surface area contributed by atoms with E-state index in [4.69, 9.17) is 10.2 Å². The number of anilines is 2. The Labute approximate surface area is 187 Å². The first-order valence-electron chi connectivity index (χ1n) is 10.4. The molecule has 0 bridgehead atoms. The molecule has 3 aromatic rings. The second kappa shape index (κ2) is 8.99. The lowest BCUT2D eigenvalue weighted by atomic mass is 10.2. The summed E-state index contributed by atoms with van der Waals surface area (Å²) < 4.78 is 7.32. The molecule has 0 aliphatic carbocycles. The molecule has 32 heavy (non-hydrogen) atoms. The van der Waals surface area contributed by atoms with Gasteiger partial charge in [-0.2, -0.15) is 4.98 Å². The molecule has 4 N–H and O–H groups in total. The zero-order valence-electron chi connectivity index (χ0n) is 19.1. The SMILES string of the molecule is CC(C)(C)[Si](C)(C)Oc1ccc(Cn2c(=O)nc(NCc3cccnc3N)[nH]c2=O)cc1.